The van der Waals surface area contributed by atoms with Gasteiger partial charge in [0, 0.05) is 32.6 Å². The summed E-state index contributed by atoms with van der Waals surface area (Å²) in [6.07, 6.45) is -0.375. The Hall–Kier alpha value is -3.55. The number of piperazine rings is 1. The fourth-order valence-corrected chi connectivity index (χ4v) is 4.46. The Labute approximate surface area is 185 Å². The van der Waals surface area contributed by atoms with Crippen LogP contribution in [-0.4, -0.2) is 72.1 Å². The lowest BCUT2D eigenvalue weighted by Gasteiger charge is -2.41. The molecule has 0 radical (unpaired) electrons. The Bertz CT molecular complexity index is 1080. The molecule has 32 heavy (non-hydrogen) atoms. The maximum Gasteiger partial charge on any atom is 0.339 e. The van der Waals surface area contributed by atoms with Crippen LogP contribution >= 0.6 is 0 Å². The summed E-state index contributed by atoms with van der Waals surface area (Å²) >= 11 is 0. The van der Waals surface area contributed by atoms with Crippen molar-refractivity contribution in [3.05, 3.63) is 59.7 Å². The van der Waals surface area contributed by atoms with Crippen molar-refractivity contribution in [3.63, 3.8) is 0 Å². The quantitative estimate of drug-likeness (QED) is 0.666. The van der Waals surface area contributed by atoms with Crippen molar-refractivity contribution in [3.8, 4) is 11.5 Å². The minimum absolute atomic E-state index is 0.155. The number of para-hydroxylation sites is 2. The molecule has 3 aliphatic heterocycles. The SMILES string of the molecule is CC1(C(=O)N2CCN(C(=O)C3COc4ccccc4O3)CC2)Cc2ccccc2C(=O)O1. The van der Waals surface area contributed by atoms with Crippen LogP contribution in [0.2, 0.25) is 0 Å². The molecule has 1 saturated heterocycles. The number of benzene rings is 2. The smallest absolute Gasteiger partial charge is 0.339 e. The van der Waals surface area contributed by atoms with Crippen molar-refractivity contribution in [1.29, 1.82) is 0 Å². The largest absolute Gasteiger partial charge is 0.485 e. The lowest BCUT2D eigenvalue weighted by molar-refractivity contribution is -0.156. The van der Waals surface area contributed by atoms with Gasteiger partial charge >= 0.3 is 5.97 Å². The van der Waals surface area contributed by atoms with Gasteiger partial charge in [-0.2, -0.15) is 0 Å². The molecule has 2 atom stereocenters. The summed E-state index contributed by atoms with van der Waals surface area (Å²) in [5, 5.41) is 0. The number of ether oxygens (including phenoxy) is 3. The van der Waals surface area contributed by atoms with Crippen LogP contribution in [-0.2, 0) is 20.7 Å². The van der Waals surface area contributed by atoms with E-state index in [1.165, 1.54) is 0 Å². The number of hydrogen-bond donors (Lipinski definition) is 0. The molecule has 2 unspecified atom stereocenters. The van der Waals surface area contributed by atoms with E-state index < -0.39 is 17.7 Å². The Kier molecular flexibility index (Phi) is 5.00. The number of nitrogens with zero attached hydrogens (tertiary/aromatic N) is 2. The first-order valence-electron chi connectivity index (χ1n) is 10.7. The Balaban J connectivity index is 1.21. The van der Waals surface area contributed by atoms with Gasteiger partial charge in [-0.1, -0.05) is 30.3 Å². The highest BCUT2D eigenvalue weighted by atomic mass is 16.6. The van der Waals surface area contributed by atoms with E-state index in [2.05, 4.69) is 0 Å². The van der Waals surface area contributed by atoms with Crippen molar-refractivity contribution >= 4 is 17.8 Å². The third-order valence-corrected chi connectivity index (χ3v) is 6.20. The maximum atomic E-state index is 13.2. The van der Waals surface area contributed by atoms with Crippen molar-refractivity contribution in [2.75, 3.05) is 32.8 Å². The number of amides is 2. The van der Waals surface area contributed by atoms with E-state index in [-0.39, 0.29) is 18.4 Å². The van der Waals surface area contributed by atoms with Gasteiger partial charge < -0.3 is 24.0 Å². The van der Waals surface area contributed by atoms with Gasteiger partial charge in [-0.25, -0.2) is 4.79 Å². The first kappa shape index (κ1) is 20.4. The zero-order chi connectivity index (χ0) is 22.3. The molecule has 2 amide bonds. The molecular formula is C24H24N2O6. The fraction of sp³-hybridized carbons (Fsp3) is 0.375. The van der Waals surface area contributed by atoms with Crippen LogP contribution in [0.4, 0.5) is 0 Å². The van der Waals surface area contributed by atoms with Crippen LogP contribution in [0, 0.1) is 0 Å². The summed E-state index contributed by atoms with van der Waals surface area (Å²) in [7, 11) is 0. The van der Waals surface area contributed by atoms with Crippen LogP contribution in [0.15, 0.2) is 48.5 Å². The number of rotatable bonds is 2. The molecule has 0 bridgehead atoms. The first-order chi connectivity index (χ1) is 15.4. The van der Waals surface area contributed by atoms with Gasteiger partial charge in [0.2, 0.25) is 6.10 Å². The summed E-state index contributed by atoms with van der Waals surface area (Å²) in [6, 6.07) is 14.4. The summed E-state index contributed by atoms with van der Waals surface area (Å²) in [4.78, 5) is 42.0. The van der Waals surface area contributed by atoms with Gasteiger partial charge in [0.05, 0.1) is 5.56 Å². The number of esters is 1. The predicted octanol–water partition coefficient (Wildman–Crippen LogP) is 1.67. The summed E-state index contributed by atoms with van der Waals surface area (Å²) in [5.41, 5.74) is 0.0642. The molecule has 8 nitrogen and oxygen atoms in total. The molecular weight excluding hydrogens is 412 g/mol. The van der Waals surface area contributed by atoms with E-state index in [1.807, 2.05) is 24.3 Å². The molecule has 0 aromatic heterocycles. The Morgan fingerprint density at radius 2 is 1.59 bits per heavy atom. The van der Waals surface area contributed by atoms with Gasteiger partial charge in [0.25, 0.3) is 11.8 Å². The van der Waals surface area contributed by atoms with E-state index in [0.717, 1.165) is 5.56 Å². The highest BCUT2D eigenvalue weighted by Crippen LogP contribution is 2.32. The van der Waals surface area contributed by atoms with Gasteiger partial charge in [-0.3, -0.25) is 9.59 Å². The zero-order valence-corrected chi connectivity index (χ0v) is 17.8. The Morgan fingerprint density at radius 1 is 0.938 bits per heavy atom. The molecule has 0 N–H and O–H groups in total. The van der Waals surface area contributed by atoms with E-state index >= 15 is 0 Å². The number of carbonyl (C=O) groups excluding carboxylic acids is 3. The summed E-state index contributed by atoms with van der Waals surface area (Å²) in [5.74, 6) is 0.308. The third kappa shape index (κ3) is 3.55. The lowest BCUT2D eigenvalue weighted by atomic mass is 9.88. The first-order valence-corrected chi connectivity index (χ1v) is 10.7. The molecule has 0 saturated carbocycles. The van der Waals surface area contributed by atoms with E-state index in [0.29, 0.717) is 49.7 Å². The van der Waals surface area contributed by atoms with Crippen LogP contribution in [0.5, 0.6) is 11.5 Å². The summed E-state index contributed by atoms with van der Waals surface area (Å²) < 4.78 is 17.0. The second kappa shape index (κ2) is 7.85. The van der Waals surface area contributed by atoms with Gasteiger partial charge in [0.15, 0.2) is 17.1 Å². The van der Waals surface area contributed by atoms with Crippen LogP contribution < -0.4 is 9.47 Å². The summed E-state index contributed by atoms with van der Waals surface area (Å²) in [6.45, 7) is 3.31. The van der Waals surface area contributed by atoms with E-state index in [9.17, 15) is 14.4 Å². The van der Waals surface area contributed by atoms with Crippen LogP contribution in [0.1, 0.15) is 22.8 Å². The minimum Gasteiger partial charge on any atom is -0.485 e. The molecule has 0 spiro atoms. The molecule has 166 valence electrons. The fourth-order valence-electron chi connectivity index (χ4n) is 4.46. The van der Waals surface area contributed by atoms with Crippen molar-refractivity contribution < 1.29 is 28.6 Å². The average molecular weight is 436 g/mol. The minimum atomic E-state index is -1.25. The second-order valence-corrected chi connectivity index (χ2v) is 8.44. The molecule has 2 aromatic rings. The van der Waals surface area contributed by atoms with E-state index in [1.54, 1.807) is 41.0 Å². The topological polar surface area (TPSA) is 85.4 Å². The molecule has 5 rings (SSSR count). The zero-order valence-electron chi connectivity index (χ0n) is 17.8. The van der Waals surface area contributed by atoms with Crippen molar-refractivity contribution in [2.24, 2.45) is 0 Å². The molecule has 2 aromatic carbocycles. The van der Waals surface area contributed by atoms with Crippen LogP contribution in [0.25, 0.3) is 0 Å². The number of carbonyl (C=O) groups is 3. The van der Waals surface area contributed by atoms with E-state index in [4.69, 9.17) is 14.2 Å². The van der Waals surface area contributed by atoms with Crippen molar-refractivity contribution in [1.82, 2.24) is 9.80 Å². The molecule has 0 aliphatic carbocycles. The molecule has 1 fully saturated rings. The number of hydrogen-bond acceptors (Lipinski definition) is 6. The highest BCUT2D eigenvalue weighted by Gasteiger charge is 2.45. The predicted molar refractivity (Wildman–Crippen MR) is 113 cm³/mol. The standard InChI is InChI=1S/C24H24N2O6/c1-24(14-16-6-2-3-7-17(16)22(28)32-24)23(29)26-12-10-25(11-13-26)21(27)20-15-30-18-8-4-5-9-19(18)31-20/h2-9,20H,10-15H2,1H3. The third-order valence-electron chi connectivity index (χ3n) is 6.20. The average Bonchev–Trinajstić information content (AvgIpc) is 2.83. The molecule has 8 heteroatoms. The van der Waals surface area contributed by atoms with Crippen molar-refractivity contribution in [2.45, 2.75) is 25.0 Å². The van der Waals surface area contributed by atoms with Gasteiger partial charge in [0.1, 0.15) is 6.61 Å². The molecule has 3 heterocycles. The van der Waals surface area contributed by atoms with Gasteiger partial charge in [-0.05, 0) is 30.7 Å². The van der Waals surface area contributed by atoms with Crippen LogP contribution in [0.3, 0.4) is 0 Å². The lowest BCUT2D eigenvalue weighted by Crippen LogP contribution is -2.60. The van der Waals surface area contributed by atoms with Gasteiger partial charge in [-0.15, -0.1) is 0 Å². The molecule has 3 aliphatic rings. The Morgan fingerprint density at radius 3 is 2.38 bits per heavy atom. The number of fused-ring (bicyclic) bond motifs is 2. The maximum absolute atomic E-state index is 13.2. The second-order valence-electron chi connectivity index (χ2n) is 8.44. The normalized spacial score (nSPS) is 24.4. The monoisotopic (exact) mass is 436 g/mol. The number of cyclic esters (lactones) is 1. The highest BCUT2D eigenvalue weighted by molar-refractivity contribution is 5.97.